The van der Waals surface area contributed by atoms with E-state index in [1.807, 2.05) is 0 Å². The van der Waals surface area contributed by atoms with Crippen LogP contribution in [0.1, 0.15) is 13.8 Å². The van der Waals surface area contributed by atoms with Gasteiger partial charge >= 0.3 is 23.9 Å². The number of esters is 4. The number of hydrogen-bond donors (Lipinski definition) is 0. The van der Waals surface area contributed by atoms with Gasteiger partial charge in [0.1, 0.15) is 0 Å². The number of hydrogen-bond acceptors (Lipinski definition) is 9. The first-order valence-corrected chi connectivity index (χ1v) is 7.78. The van der Waals surface area contributed by atoms with Crippen molar-refractivity contribution in [3.05, 3.63) is 24.8 Å². The van der Waals surface area contributed by atoms with E-state index in [1.165, 1.54) is 13.0 Å². The Hall–Kier alpha value is -2.75. The number of carbonyl (C=O) groups is 4. The second-order valence-corrected chi connectivity index (χ2v) is 5.17. The topological polar surface area (TPSA) is 114 Å². The zero-order valence-electron chi connectivity index (χ0n) is 15.4. The van der Waals surface area contributed by atoms with Crippen molar-refractivity contribution < 1.29 is 47.3 Å². The molecule has 0 fully saturated rings. The lowest BCUT2D eigenvalue weighted by Gasteiger charge is -2.28. The van der Waals surface area contributed by atoms with Crippen molar-refractivity contribution in [2.75, 3.05) is 33.5 Å². The zero-order chi connectivity index (χ0) is 21.0. The molecule has 27 heavy (non-hydrogen) atoms. The van der Waals surface area contributed by atoms with E-state index >= 15 is 0 Å². The Morgan fingerprint density at radius 1 is 1.19 bits per heavy atom. The summed E-state index contributed by atoms with van der Waals surface area (Å²) >= 11 is 0. The third-order valence-corrected chi connectivity index (χ3v) is 3.02. The van der Waals surface area contributed by atoms with Crippen LogP contribution < -0.4 is 0 Å². The van der Waals surface area contributed by atoms with Gasteiger partial charge < -0.3 is 23.7 Å². The molecule has 0 heterocycles. The molecule has 0 aliphatic carbocycles. The molecule has 0 aliphatic heterocycles. The first-order valence-electron chi connectivity index (χ1n) is 7.78. The third-order valence-electron chi connectivity index (χ3n) is 3.02. The van der Waals surface area contributed by atoms with Gasteiger partial charge in [-0.3, -0.25) is 0 Å². The summed E-state index contributed by atoms with van der Waals surface area (Å²) in [5, 5.41) is 0. The molecule has 0 radical (unpaired) electrons. The lowest BCUT2D eigenvalue weighted by molar-refractivity contribution is -0.195. The number of halogens is 1. The van der Waals surface area contributed by atoms with Crippen LogP contribution >= 0.6 is 0 Å². The molecule has 9 nitrogen and oxygen atoms in total. The van der Waals surface area contributed by atoms with Crippen LogP contribution in [-0.4, -0.2) is 69.2 Å². The van der Waals surface area contributed by atoms with E-state index in [0.29, 0.717) is 0 Å². The van der Waals surface area contributed by atoms with Gasteiger partial charge in [-0.25, -0.2) is 23.6 Å². The Kier molecular flexibility index (Phi) is 10.6. The van der Waals surface area contributed by atoms with E-state index in [4.69, 9.17) is 9.47 Å². The molecule has 0 aromatic carbocycles. The molecule has 0 spiro atoms. The zero-order valence-corrected chi connectivity index (χ0v) is 15.4. The minimum atomic E-state index is -2.65. The molecule has 0 saturated heterocycles. The molecular weight excluding hydrogens is 367 g/mol. The Bertz CT molecular complexity index is 587. The maximum atomic E-state index is 14.3. The van der Waals surface area contributed by atoms with Gasteiger partial charge in [-0.2, -0.15) is 0 Å². The smallest absolute Gasteiger partial charge is 0.353 e. The van der Waals surface area contributed by atoms with Crippen LogP contribution in [0.15, 0.2) is 24.8 Å². The monoisotopic (exact) mass is 390 g/mol. The van der Waals surface area contributed by atoms with Crippen molar-refractivity contribution in [1.29, 1.82) is 0 Å². The van der Waals surface area contributed by atoms with Crippen molar-refractivity contribution in [3.63, 3.8) is 0 Å². The molecule has 10 heteroatoms. The maximum absolute atomic E-state index is 14.3. The largest absolute Gasteiger partial charge is 0.466 e. The van der Waals surface area contributed by atoms with Crippen molar-refractivity contribution >= 4 is 23.9 Å². The summed E-state index contributed by atoms with van der Waals surface area (Å²) in [6.07, 6.45) is -1.19. The highest BCUT2D eigenvalue weighted by Gasteiger charge is 2.52. The van der Waals surface area contributed by atoms with E-state index in [2.05, 4.69) is 27.4 Å². The second-order valence-electron chi connectivity index (χ2n) is 5.17. The summed E-state index contributed by atoms with van der Waals surface area (Å²) in [4.78, 5) is 46.9. The summed E-state index contributed by atoms with van der Waals surface area (Å²) in [6.45, 7) is 8.01. The summed E-state index contributed by atoms with van der Waals surface area (Å²) in [5.74, 6) is -4.99. The van der Waals surface area contributed by atoms with E-state index in [0.717, 1.165) is 14.0 Å². The van der Waals surface area contributed by atoms with Crippen molar-refractivity contribution in [2.45, 2.75) is 25.6 Å². The van der Waals surface area contributed by atoms with E-state index in [9.17, 15) is 23.6 Å². The van der Waals surface area contributed by atoms with Crippen LogP contribution in [0, 0.1) is 0 Å². The van der Waals surface area contributed by atoms with Crippen molar-refractivity contribution in [2.24, 2.45) is 0 Å². The van der Waals surface area contributed by atoms with Crippen LogP contribution in [0.25, 0.3) is 0 Å². The molecule has 0 aromatic heterocycles. The van der Waals surface area contributed by atoms with E-state index < -0.39 is 42.3 Å². The average Bonchev–Trinajstić information content (AvgIpc) is 2.64. The molecule has 0 saturated carbocycles. The molecule has 0 N–H and O–H groups in total. The molecule has 2 atom stereocenters. The van der Waals surface area contributed by atoms with Gasteiger partial charge in [-0.1, -0.05) is 12.7 Å². The average molecular weight is 390 g/mol. The first kappa shape index (κ1) is 24.2. The van der Waals surface area contributed by atoms with Gasteiger partial charge in [-0.15, -0.1) is 6.58 Å². The fourth-order valence-corrected chi connectivity index (χ4v) is 1.66. The normalized spacial score (nSPS) is 13.5. The first-order chi connectivity index (χ1) is 12.6. The van der Waals surface area contributed by atoms with Crippen LogP contribution in [0.3, 0.4) is 0 Å². The molecule has 0 aliphatic rings. The highest BCUT2D eigenvalue weighted by atomic mass is 19.1. The predicted octanol–water partition coefficient (Wildman–Crippen LogP) is 0.664. The van der Waals surface area contributed by atoms with E-state index in [1.54, 1.807) is 0 Å². The SMILES string of the molecule is C=CCOCC(=C)C(=O)OCC(=O)OC(C)(C(=O)OC)C(F)C(=O)OCC. The predicted molar refractivity (Wildman–Crippen MR) is 89.2 cm³/mol. The molecule has 0 amide bonds. The summed E-state index contributed by atoms with van der Waals surface area (Å²) in [7, 11) is 0.916. The van der Waals surface area contributed by atoms with Crippen LogP contribution in [-0.2, 0) is 42.9 Å². The number of rotatable bonds is 12. The Morgan fingerprint density at radius 3 is 2.33 bits per heavy atom. The van der Waals surface area contributed by atoms with Crippen molar-refractivity contribution in [1.82, 2.24) is 0 Å². The van der Waals surface area contributed by atoms with Gasteiger partial charge in [0.05, 0.1) is 32.5 Å². The maximum Gasteiger partial charge on any atom is 0.353 e. The van der Waals surface area contributed by atoms with E-state index in [-0.39, 0.29) is 25.4 Å². The molecular formula is C17H23FO9. The lowest BCUT2D eigenvalue weighted by Crippen LogP contribution is -2.53. The molecule has 0 aromatic rings. The number of methoxy groups -OCH3 is 1. The number of alkyl halides is 1. The highest BCUT2D eigenvalue weighted by Crippen LogP contribution is 2.23. The minimum absolute atomic E-state index is 0.0877. The molecule has 0 bridgehead atoms. The Labute approximate surface area is 156 Å². The summed E-state index contributed by atoms with van der Waals surface area (Å²) in [6, 6.07) is 0. The Balaban J connectivity index is 4.89. The van der Waals surface area contributed by atoms with Gasteiger partial charge in [0.2, 0.25) is 11.8 Å². The summed E-state index contributed by atoms with van der Waals surface area (Å²) in [5.41, 5.74) is -2.70. The quantitative estimate of drug-likeness (QED) is 0.156. The van der Waals surface area contributed by atoms with Gasteiger partial charge in [0, 0.05) is 0 Å². The van der Waals surface area contributed by atoms with Crippen LogP contribution in [0.5, 0.6) is 0 Å². The molecule has 2 unspecified atom stereocenters. The van der Waals surface area contributed by atoms with Crippen LogP contribution in [0.2, 0.25) is 0 Å². The minimum Gasteiger partial charge on any atom is -0.466 e. The second kappa shape index (κ2) is 11.8. The fraction of sp³-hybridized carbons (Fsp3) is 0.529. The Morgan fingerprint density at radius 2 is 1.81 bits per heavy atom. The summed E-state index contributed by atoms with van der Waals surface area (Å²) < 4.78 is 37.5. The lowest BCUT2D eigenvalue weighted by atomic mass is 10.00. The van der Waals surface area contributed by atoms with Crippen molar-refractivity contribution in [3.8, 4) is 0 Å². The standard InChI is InChI=1S/C17H23FO9/c1-6-8-24-9-11(3)14(20)26-10-12(19)27-17(4,16(22)23-5)13(18)15(21)25-7-2/h6,13H,1,3,7-10H2,2,4-5H3. The van der Waals surface area contributed by atoms with Gasteiger partial charge in [-0.05, 0) is 13.8 Å². The fourth-order valence-electron chi connectivity index (χ4n) is 1.66. The molecule has 152 valence electrons. The third kappa shape index (κ3) is 7.57. The number of ether oxygens (including phenoxy) is 5. The van der Waals surface area contributed by atoms with Crippen LogP contribution in [0.4, 0.5) is 4.39 Å². The highest BCUT2D eigenvalue weighted by molar-refractivity contribution is 5.92. The van der Waals surface area contributed by atoms with Gasteiger partial charge in [0.15, 0.2) is 6.61 Å². The van der Waals surface area contributed by atoms with Gasteiger partial charge in [0.25, 0.3) is 0 Å². The number of carbonyl (C=O) groups excluding carboxylic acids is 4. The molecule has 0 rings (SSSR count).